The smallest absolute Gasteiger partial charge is 0.409 e. The number of carboxylic acid groups (broad SMARTS) is 1. The van der Waals surface area contributed by atoms with E-state index in [1.54, 1.807) is 43.2 Å². The molecule has 0 radical (unpaired) electrons. The van der Waals surface area contributed by atoms with Crippen LogP contribution in [0.5, 0.6) is 11.5 Å². The van der Waals surface area contributed by atoms with Gasteiger partial charge in [0.1, 0.15) is 23.2 Å². The Balaban J connectivity index is 1.30. The Morgan fingerprint density at radius 2 is 1.73 bits per heavy atom. The first-order valence-electron chi connectivity index (χ1n) is 16.4. The number of likely N-dealkylation sites (tertiary alicyclic amines) is 1. The van der Waals surface area contributed by atoms with Crippen molar-refractivity contribution in [2.45, 2.75) is 44.7 Å². The minimum Gasteiger partial charge on any atom is -0.497 e. The SMILES string of the molecule is CCOC(=O)N1CCN(C(=O)[C@H](CCC(=O)O)NC(=O)c2cc(OCC(=O)N3CCCC3c3cccc(OC)c3)c3ccccc3n2)CC1. The standard InChI is InChI=1S/C35H41N5O9/c1-3-48-35(46)39-18-16-38(17-19-39)34(45)27(13-14-32(42)43)37-33(44)28-21-30(25-10-4-5-11-26(25)36-28)49-22-31(41)40-15-7-12-29(40)23-8-6-9-24(20-23)47-2/h4-6,8-11,20-21,27,29H,3,7,12-19,22H2,1-2H3,(H,37,44)(H,42,43)/t27-,29?/m0/s1. The summed E-state index contributed by atoms with van der Waals surface area (Å²) in [6, 6.07) is 14.8. The second-order valence-corrected chi connectivity index (χ2v) is 11.8. The molecule has 2 aliphatic rings. The van der Waals surface area contributed by atoms with Gasteiger partial charge >= 0.3 is 12.1 Å². The zero-order valence-corrected chi connectivity index (χ0v) is 27.6. The highest BCUT2D eigenvalue weighted by molar-refractivity contribution is 5.99. The number of aromatic nitrogens is 1. The first-order valence-corrected chi connectivity index (χ1v) is 16.4. The molecule has 0 aliphatic carbocycles. The summed E-state index contributed by atoms with van der Waals surface area (Å²) in [7, 11) is 1.60. The van der Waals surface area contributed by atoms with Crippen LogP contribution in [0.4, 0.5) is 4.79 Å². The number of methoxy groups -OCH3 is 1. The number of fused-ring (bicyclic) bond motifs is 1. The highest BCUT2D eigenvalue weighted by Gasteiger charge is 2.32. The van der Waals surface area contributed by atoms with E-state index in [0.717, 1.165) is 18.4 Å². The molecule has 260 valence electrons. The molecule has 2 N–H and O–H groups in total. The molecular formula is C35H41N5O9. The number of aliphatic carboxylic acids is 1. The molecule has 3 aromatic rings. The van der Waals surface area contributed by atoms with Crippen molar-refractivity contribution in [2.75, 3.05) is 53.0 Å². The van der Waals surface area contributed by atoms with Gasteiger partial charge in [-0.1, -0.05) is 24.3 Å². The molecule has 5 rings (SSSR count). The highest BCUT2D eigenvalue weighted by Crippen LogP contribution is 2.34. The van der Waals surface area contributed by atoms with E-state index in [0.29, 0.717) is 23.2 Å². The number of ether oxygens (including phenoxy) is 3. The van der Waals surface area contributed by atoms with Gasteiger partial charge in [-0.25, -0.2) is 9.78 Å². The minimum absolute atomic E-state index is 0.0585. The van der Waals surface area contributed by atoms with E-state index in [1.165, 1.54) is 15.9 Å². The first-order chi connectivity index (χ1) is 23.7. The number of carbonyl (C=O) groups is 5. The van der Waals surface area contributed by atoms with Gasteiger partial charge in [-0.15, -0.1) is 0 Å². The molecule has 2 aliphatic heterocycles. The Kier molecular flexibility index (Phi) is 11.5. The lowest BCUT2D eigenvalue weighted by Crippen LogP contribution is -2.56. The summed E-state index contributed by atoms with van der Waals surface area (Å²) in [4.78, 5) is 73.3. The normalized spacial score (nSPS) is 16.6. The molecule has 14 nitrogen and oxygen atoms in total. The van der Waals surface area contributed by atoms with Gasteiger partial charge in [-0.05, 0) is 56.0 Å². The largest absolute Gasteiger partial charge is 0.497 e. The van der Waals surface area contributed by atoms with Gasteiger partial charge in [0.15, 0.2) is 6.61 Å². The van der Waals surface area contributed by atoms with Crippen LogP contribution in [-0.4, -0.2) is 114 Å². The zero-order chi connectivity index (χ0) is 34.9. The van der Waals surface area contributed by atoms with Crippen molar-refractivity contribution < 1.29 is 43.3 Å². The number of nitrogens with zero attached hydrogens (tertiary/aromatic N) is 4. The topological polar surface area (TPSA) is 168 Å². The van der Waals surface area contributed by atoms with Gasteiger partial charge in [0.05, 0.1) is 25.3 Å². The van der Waals surface area contributed by atoms with E-state index < -0.39 is 29.9 Å². The average molecular weight is 676 g/mol. The quantitative estimate of drug-likeness (QED) is 0.291. The van der Waals surface area contributed by atoms with Crippen LogP contribution < -0.4 is 14.8 Å². The third-order valence-corrected chi connectivity index (χ3v) is 8.68. The van der Waals surface area contributed by atoms with Crippen LogP contribution in [0.1, 0.15) is 54.7 Å². The van der Waals surface area contributed by atoms with E-state index >= 15 is 0 Å². The maximum absolute atomic E-state index is 13.6. The van der Waals surface area contributed by atoms with Crippen LogP contribution in [0.3, 0.4) is 0 Å². The third-order valence-electron chi connectivity index (χ3n) is 8.68. The second kappa shape index (κ2) is 16.1. The number of rotatable bonds is 12. The predicted molar refractivity (Wildman–Crippen MR) is 177 cm³/mol. The summed E-state index contributed by atoms with van der Waals surface area (Å²) < 4.78 is 16.5. The number of pyridine rings is 1. The maximum atomic E-state index is 13.6. The average Bonchev–Trinajstić information content (AvgIpc) is 3.62. The minimum atomic E-state index is -1.15. The van der Waals surface area contributed by atoms with E-state index in [4.69, 9.17) is 14.2 Å². The first kappa shape index (κ1) is 34.9. The fraction of sp³-hybridized carbons (Fsp3) is 0.429. The molecule has 2 saturated heterocycles. The molecule has 3 heterocycles. The molecule has 49 heavy (non-hydrogen) atoms. The number of para-hydroxylation sites is 1. The number of benzene rings is 2. The van der Waals surface area contributed by atoms with Crippen LogP contribution in [0, 0.1) is 0 Å². The lowest BCUT2D eigenvalue weighted by molar-refractivity contribution is -0.138. The van der Waals surface area contributed by atoms with Crippen molar-refractivity contribution in [2.24, 2.45) is 0 Å². The van der Waals surface area contributed by atoms with E-state index in [9.17, 15) is 29.1 Å². The number of amides is 4. The summed E-state index contributed by atoms with van der Waals surface area (Å²) in [5.41, 5.74) is 1.36. The second-order valence-electron chi connectivity index (χ2n) is 11.8. The molecule has 4 amide bonds. The Morgan fingerprint density at radius 3 is 2.47 bits per heavy atom. The maximum Gasteiger partial charge on any atom is 0.409 e. The Morgan fingerprint density at radius 1 is 0.980 bits per heavy atom. The molecule has 2 atom stereocenters. The number of nitrogens with one attached hydrogen (secondary N) is 1. The van der Waals surface area contributed by atoms with Gasteiger partial charge in [-0.3, -0.25) is 19.2 Å². The summed E-state index contributed by atoms with van der Waals surface area (Å²) in [6.07, 6.45) is 0.690. The molecule has 2 fully saturated rings. The lowest BCUT2D eigenvalue weighted by Gasteiger charge is -2.35. The van der Waals surface area contributed by atoms with Gasteiger partial charge in [0, 0.05) is 50.6 Å². The molecule has 14 heteroatoms. The van der Waals surface area contributed by atoms with Crippen molar-refractivity contribution in [1.82, 2.24) is 25.0 Å². The number of carbonyl (C=O) groups excluding carboxylic acids is 4. The third kappa shape index (κ3) is 8.55. The predicted octanol–water partition coefficient (Wildman–Crippen LogP) is 3.25. The molecular weight excluding hydrogens is 634 g/mol. The summed E-state index contributed by atoms with van der Waals surface area (Å²) >= 11 is 0. The van der Waals surface area contributed by atoms with Crippen LogP contribution in [0.25, 0.3) is 10.9 Å². The Hall–Kier alpha value is -5.40. The van der Waals surface area contributed by atoms with Gasteiger partial charge in [0.2, 0.25) is 5.91 Å². The summed E-state index contributed by atoms with van der Waals surface area (Å²) in [5, 5.41) is 12.6. The van der Waals surface area contributed by atoms with Crippen LogP contribution in [0.15, 0.2) is 54.6 Å². The fourth-order valence-corrected chi connectivity index (χ4v) is 6.16. The molecule has 0 spiro atoms. The van der Waals surface area contributed by atoms with Crippen molar-refractivity contribution in [3.8, 4) is 11.5 Å². The lowest BCUT2D eigenvalue weighted by atomic mass is 10.0. The summed E-state index contributed by atoms with van der Waals surface area (Å²) in [5.74, 6) is -1.50. The van der Waals surface area contributed by atoms with E-state index in [-0.39, 0.29) is 75.6 Å². The van der Waals surface area contributed by atoms with Crippen LogP contribution in [-0.2, 0) is 19.1 Å². The van der Waals surface area contributed by atoms with Gasteiger partial charge in [0.25, 0.3) is 11.8 Å². The monoisotopic (exact) mass is 675 g/mol. The number of hydrogen-bond donors (Lipinski definition) is 2. The van der Waals surface area contributed by atoms with E-state index in [2.05, 4.69) is 10.3 Å². The summed E-state index contributed by atoms with van der Waals surface area (Å²) in [6.45, 7) is 3.14. The fourth-order valence-electron chi connectivity index (χ4n) is 6.16. The Labute approximate surface area is 283 Å². The molecule has 0 saturated carbocycles. The molecule has 0 bridgehead atoms. The molecule has 1 aromatic heterocycles. The van der Waals surface area contributed by atoms with Crippen LogP contribution >= 0.6 is 0 Å². The number of piperazine rings is 1. The van der Waals surface area contributed by atoms with Crippen molar-refractivity contribution in [1.29, 1.82) is 0 Å². The molecule has 2 aromatic carbocycles. The van der Waals surface area contributed by atoms with Crippen molar-refractivity contribution in [3.63, 3.8) is 0 Å². The van der Waals surface area contributed by atoms with Crippen molar-refractivity contribution in [3.05, 3.63) is 65.9 Å². The molecule has 1 unspecified atom stereocenters. The highest BCUT2D eigenvalue weighted by atomic mass is 16.6. The zero-order valence-electron chi connectivity index (χ0n) is 27.6. The van der Waals surface area contributed by atoms with Gasteiger partial charge in [-0.2, -0.15) is 0 Å². The van der Waals surface area contributed by atoms with Gasteiger partial charge < -0.3 is 39.3 Å². The number of carboxylic acids is 1. The van der Waals surface area contributed by atoms with E-state index in [1.807, 2.05) is 24.3 Å². The van der Waals surface area contributed by atoms with Crippen molar-refractivity contribution >= 4 is 40.7 Å². The van der Waals surface area contributed by atoms with Crippen LogP contribution in [0.2, 0.25) is 0 Å². The number of hydrogen-bond acceptors (Lipinski definition) is 9. The Bertz CT molecular complexity index is 1690.